The molecule has 4 rings (SSSR count). The van der Waals surface area contributed by atoms with E-state index in [4.69, 9.17) is 11.6 Å². The van der Waals surface area contributed by atoms with Gasteiger partial charge in [0, 0.05) is 49.8 Å². The minimum absolute atomic E-state index is 0.144. The quantitative estimate of drug-likeness (QED) is 0.230. The first kappa shape index (κ1) is 28.3. The number of likely N-dealkylation sites (N-methyl/N-ethyl adjacent to an activating group) is 1. The smallest absolute Gasteiger partial charge is 0.396 e. The number of anilines is 3. The number of nitrogens with two attached hydrogens (primary N) is 2. The molecule has 1 amide bonds. The summed E-state index contributed by atoms with van der Waals surface area (Å²) >= 11 is 1.40. The number of benzene rings is 2. The van der Waals surface area contributed by atoms with Gasteiger partial charge in [-0.15, -0.1) is 11.3 Å². The molecule has 1 aliphatic rings. The van der Waals surface area contributed by atoms with Gasteiger partial charge in [0.15, 0.2) is 5.82 Å². The Morgan fingerprint density at radius 3 is 2.46 bits per heavy atom. The summed E-state index contributed by atoms with van der Waals surface area (Å²) in [4.78, 5) is 21.6. The molecule has 8 nitrogen and oxygen atoms in total. The molecule has 3 aromatic rings. The first-order valence-corrected chi connectivity index (χ1v) is 12.9. The van der Waals surface area contributed by atoms with Crippen LogP contribution in [0.3, 0.4) is 0 Å². The first-order chi connectivity index (χ1) is 18.3. The average Bonchev–Trinajstić information content (AvgIpc) is 3.31. The third-order valence-electron chi connectivity index (χ3n) is 6.39. The number of amides is 1. The van der Waals surface area contributed by atoms with Crippen LogP contribution in [-0.2, 0) is 6.18 Å². The Hall–Kier alpha value is -3.68. The normalized spacial score (nSPS) is 15.0. The van der Waals surface area contributed by atoms with Gasteiger partial charge in [-0.25, -0.2) is 15.2 Å². The standard InChI is InChI=1S/C26H29F4N7OS/c1-15-4-5-17(10-21(15)37(32)14-20(31)23-13-33-16(2)39-23)25(38)34-18-11-19(26(28,29)30)24(27)22(12-18)36-8-6-35(3)7-9-36/h4-5,10-14H,6-9,31-32H2,1-3H3,(H,34,38)/b20-14-. The average molecular weight is 564 g/mol. The molecule has 0 unspecified atom stereocenters. The number of hydrogen-bond acceptors (Lipinski definition) is 8. The number of piperazine rings is 1. The van der Waals surface area contributed by atoms with E-state index in [-0.39, 0.29) is 16.9 Å². The Bertz CT molecular complexity index is 1400. The van der Waals surface area contributed by atoms with E-state index in [1.54, 1.807) is 24.1 Å². The number of aryl methyl sites for hydroxylation is 2. The molecule has 0 aliphatic carbocycles. The van der Waals surface area contributed by atoms with Crippen LogP contribution >= 0.6 is 11.3 Å². The summed E-state index contributed by atoms with van der Waals surface area (Å²) in [5, 5.41) is 4.60. The monoisotopic (exact) mass is 563 g/mol. The van der Waals surface area contributed by atoms with E-state index in [1.807, 2.05) is 18.9 Å². The summed E-state index contributed by atoms with van der Waals surface area (Å²) in [6.45, 7) is 5.48. The number of hydrogen-bond donors (Lipinski definition) is 3. The van der Waals surface area contributed by atoms with Crippen LogP contribution in [0.2, 0.25) is 0 Å². The number of nitrogens with zero attached hydrogens (tertiary/aromatic N) is 4. The van der Waals surface area contributed by atoms with E-state index in [1.165, 1.54) is 40.7 Å². The fourth-order valence-electron chi connectivity index (χ4n) is 4.17. The topological polar surface area (TPSA) is 104 Å². The third kappa shape index (κ3) is 6.49. The highest BCUT2D eigenvalue weighted by molar-refractivity contribution is 7.12. The Labute approximate surface area is 227 Å². The van der Waals surface area contributed by atoms with Gasteiger partial charge in [0.1, 0.15) is 0 Å². The summed E-state index contributed by atoms with van der Waals surface area (Å²) in [6, 6.07) is 6.53. The molecule has 0 saturated carbocycles. The SMILES string of the molecule is Cc1ncc(/C(N)=C/N(N)c2cc(C(=O)Nc3cc(N4CCN(C)CC4)c(F)c(C(F)(F)F)c3)ccc2C)s1. The molecule has 0 radical (unpaired) electrons. The predicted octanol–water partition coefficient (Wildman–Crippen LogP) is 4.56. The summed E-state index contributed by atoms with van der Waals surface area (Å²) in [7, 11) is 1.88. The zero-order valence-electron chi connectivity index (χ0n) is 21.6. The predicted molar refractivity (Wildman–Crippen MR) is 146 cm³/mol. The van der Waals surface area contributed by atoms with Crippen molar-refractivity contribution in [2.24, 2.45) is 11.6 Å². The summed E-state index contributed by atoms with van der Waals surface area (Å²) in [5.41, 5.74) is 6.04. The van der Waals surface area contributed by atoms with Gasteiger partial charge in [0.05, 0.1) is 32.5 Å². The van der Waals surface area contributed by atoms with Crippen molar-refractivity contribution in [3.63, 3.8) is 0 Å². The molecule has 0 atom stereocenters. The number of carbonyl (C=O) groups is 1. The molecule has 0 spiro atoms. The Kier molecular flexibility index (Phi) is 8.14. The summed E-state index contributed by atoms with van der Waals surface area (Å²) in [6.07, 6.45) is -1.81. The Balaban J connectivity index is 1.62. The van der Waals surface area contributed by atoms with Gasteiger partial charge in [0.25, 0.3) is 5.91 Å². The van der Waals surface area contributed by atoms with Crippen LogP contribution in [0.15, 0.2) is 42.7 Å². The molecule has 13 heteroatoms. The number of thiazole rings is 1. The van der Waals surface area contributed by atoms with Crippen molar-refractivity contribution in [2.75, 3.05) is 48.5 Å². The maximum Gasteiger partial charge on any atom is 0.419 e. The van der Waals surface area contributed by atoms with Crippen LogP contribution in [0.4, 0.5) is 34.6 Å². The molecule has 1 fully saturated rings. The van der Waals surface area contributed by atoms with Crippen LogP contribution in [0.25, 0.3) is 5.70 Å². The van der Waals surface area contributed by atoms with Crippen molar-refractivity contribution in [1.29, 1.82) is 0 Å². The molecule has 2 aromatic carbocycles. The second kappa shape index (κ2) is 11.2. The second-order valence-electron chi connectivity index (χ2n) is 9.34. The molecule has 1 saturated heterocycles. The summed E-state index contributed by atoms with van der Waals surface area (Å²) in [5.74, 6) is 4.18. The van der Waals surface area contributed by atoms with E-state index < -0.39 is 23.5 Å². The maximum absolute atomic E-state index is 15.0. The highest BCUT2D eigenvalue weighted by atomic mass is 32.1. The van der Waals surface area contributed by atoms with Gasteiger partial charge in [-0.2, -0.15) is 13.2 Å². The second-order valence-corrected chi connectivity index (χ2v) is 10.6. The number of nitrogens with one attached hydrogen (secondary N) is 1. The number of carbonyl (C=O) groups excluding carboxylic acids is 1. The maximum atomic E-state index is 15.0. The van der Waals surface area contributed by atoms with E-state index in [2.05, 4.69) is 10.3 Å². The highest BCUT2D eigenvalue weighted by Crippen LogP contribution is 2.38. The number of aromatic nitrogens is 1. The Morgan fingerprint density at radius 1 is 1.15 bits per heavy atom. The van der Waals surface area contributed by atoms with Crippen molar-refractivity contribution in [3.8, 4) is 0 Å². The fourth-order valence-corrected chi connectivity index (χ4v) is 4.87. The molecule has 1 aromatic heterocycles. The lowest BCUT2D eigenvalue weighted by atomic mass is 10.1. The van der Waals surface area contributed by atoms with Crippen molar-refractivity contribution >= 4 is 40.0 Å². The zero-order chi connectivity index (χ0) is 28.5. The van der Waals surface area contributed by atoms with Gasteiger partial charge in [-0.1, -0.05) is 6.07 Å². The fraction of sp³-hybridized carbons (Fsp3) is 0.308. The minimum Gasteiger partial charge on any atom is -0.396 e. The molecule has 2 heterocycles. The number of hydrazine groups is 1. The van der Waals surface area contributed by atoms with Gasteiger partial charge in [-0.05, 0) is 50.7 Å². The van der Waals surface area contributed by atoms with Crippen molar-refractivity contribution < 1.29 is 22.4 Å². The molecular weight excluding hydrogens is 534 g/mol. The van der Waals surface area contributed by atoms with Crippen LogP contribution in [0, 0.1) is 19.7 Å². The number of rotatable bonds is 6. The van der Waals surface area contributed by atoms with Gasteiger partial charge < -0.3 is 20.9 Å². The largest absolute Gasteiger partial charge is 0.419 e. The molecule has 5 N–H and O–H groups in total. The molecular formula is C26H29F4N7OS. The van der Waals surface area contributed by atoms with E-state index in [0.29, 0.717) is 43.6 Å². The van der Waals surface area contributed by atoms with Crippen molar-refractivity contribution in [1.82, 2.24) is 9.88 Å². The van der Waals surface area contributed by atoms with E-state index in [9.17, 15) is 22.4 Å². The van der Waals surface area contributed by atoms with Gasteiger partial charge in [-0.3, -0.25) is 9.80 Å². The third-order valence-corrected chi connectivity index (χ3v) is 7.36. The lowest BCUT2D eigenvalue weighted by molar-refractivity contribution is -0.139. The van der Waals surface area contributed by atoms with Crippen LogP contribution in [0.5, 0.6) is 0 Å². The molecule has 0 bridgehead atoms. The van der Waals surface area contributed by atoms with Gasteiger partial charge >= 0.3 is 6.18 Å². The zero-order valence-corrected chi connectivity index (χ0v) is 22.5. The molecule has 1 aliphatic heterocycles. The lowest BCUT2D eigenvalue weighted by Gasteiger charge is -2.34. The van der Waals surface area contributed by atoms with Crippen molar-refractivity contribution in [3.05, 3.63) is 75.1 Å². The summed E-state index contributed by atoms with van der Waals surface area (Å²) < 4.78 is 56.1. The van der Waals surface area contributed by atoms with E-state index >= 15 is 0 Å². The number of halogens is 4. The number of alkyl halides is 3. The Morgan fingerprint density at radius 2 is 1.85 bits per heavy atom. The first-order valence-electron chi connectivity index (χ1n) is 12.0. The minimum atomic E-state index is -4.94. The highest BCUT2D eigenvalue weighted by Gasteiger charge is 2.37. The van der Waals surface area contributed by atoms with Gasteiger partial charge in [0.2, 0.25) is 0 Å². The van der Waals surface area contributed by atoms with Crippen LogP contribution < -0.4 is 26.8 Å². The van der Waals surface area contributed by atoms with Crippen LogP contribution in [0.1, 0.15) is 31.4 Å². The lowest BCUT2D eigenvalue weighted by Crippen LogP contribution is -2.45. The van der Waals surface area contributed by atoms with Crippen molar-refractivity contribution in [2.45, 2.75) is 20.0 Å². The van der Waals surface area contributed by atoms with Crippen LogP contribution in [-0.4, -0.2) is 49.0 Å². The van der Waals surface area contributed by atoms with E-state index in [0.717, 1.165) is 15.4 Å². The molecule has 39 heavy (non-hydrogen) atoms. The molecule has 208 valence electrons.